The van der Waals surface area contributed by atoms with Crippen LogP contribution in [-0.2, 0) is 9.59 Å². The third kappa shape index (κ3) is 7.49. The minimum Gasteiger partial charge on any atom is -0.359 e. The SMILES string of the molecule is CNC(=O)CC(C)CC(C)(C)NC(=O)CC1CCCCC1. The average Bonchev–Trinajstić information content (AvgIpc) is 2.37. The van der Waals surface area contributed by atoms with Crippen LogP contribution in [0.25, 0.3) is 0 Å². The molecule has 1 atom stereocenters. The summed E-state index contributed by atoms with van der Waals surface area (Å²) in [6, 6.07) is 0. The molecule has 0 aliphatic heterocycles. The monoisotopic (exact) mass is 296 g/mol. The van der Waals surface area contributed by atoms with Crippen LogP contribution in [0.3, 0.4) is 0 Å². The Morgan fingerprint density at radius 1 is 1.14 bits per heavy atom. The Bertz CT molecular complexity index is 347. The van der Waals surface area contributed by atoms with Gasteiger partial charge in [0.2, 0.25) is 11.8 Å². The molecule has 0 heterocycles. The van der Waals surface area contributed by atoms with Gasteiger partial charge in [0.15, 0.2) is 0 Å². The van der Waals surface area contributed by atoms with Crippen LogP contribution in [0.2, 0.25) is 0 Å². The van der Waals surface area contributed by atoms with Crippen molar-refractivity contribution in [2.45, 2.75) is 77.7 Å². The molecule has 1 fully saturated rings. The van der Waals surface area contributed by atoms with Gasteiger partial charge in [0.25, 0.3) is 0 Å². The van der Waals surface area contributed by atoms with Crippen molar-refractivity contribution in [1.82, 2.24) is 10.6 Å². The highest BCUT2D eigenvalue weighted by atomic mass is 16.2. The van der Waals surface area contributed by atoms with E-state index in [1.165, 1.54) is 32.1 Å². The van der Waals surface area contributed by atoms with Crippen molar-refractivity contribution in [1.29, 1.82) is 0 Å². The fourth-order valence-electron chi connectivity index (χ4n) is 3.49. The maximum absolute atomic E-state index is 12.2. The molecule has 4 nitrogen and oxygen atoms in total. The Balaban J connectivity index is 2.35. The Kier molecular flexibility index (Phi) is 7.20. The predicted molar refractivity (Wildman–Crippen MR) is 85.9 cm³/mol. The van der Waals surface area contributed by atoms with Crippen molar-refractivity contribution in [3.63, 3.8) is 0 Å². The molecule has 0 saturated heterocycles. The van der Waals surface area contributed by atoms with Crippen molar-refractivity contribution in [3.05, 3.63) is 0 Å². The highest BCUT2D eigenvalue weighted by Crippen LogP contribution is 2.27. The summed E-state index contributed by atoms with van der Waals surface area (Å²) < 4.78 is 0. The normalized spacial score (nSPS) is 18.1. The molecule has 1 unspecified atom stereocenters. The van der Waals surface area contributed by atoms with Crippen LogP contribution in [0, 0.1) is 11.8 Å². The van der Waals surface area contributed by atoms with Gasteiger partial charge in [0.1, 0.15) is 0 Å². The highest BCUT2D eigenvalue weighted by molar-refractivity contribution is 5.77. The first-order chi connectivity index (χ1) is 9.82. The van der Waals surface area contributed by atoms with Crippen molar-refractivity contribution >= 4 is 11.8 Å². The van der Waals surface area contributed by atoms with Gasteiger partial charge in [-0.2, -0.15) is 0 Å². The second-order valence-corrected chi connectivity index (χ2v) is 7.33. The lowest BCUT2D eigenvalue weighted by molar-refractivity contribution is -0.124. The van der Waals surface area contributed by atoms with E-state index >= 15 is 0 Å². The number of nitrogens with one attached hydrogen (secondary N) is 2. The van der Waals surface area contributed by atoms with Crippen LogP contribution in [0.5, 0.6) is 0 Å². The summed E-state index contributed by atoms with van der Waals surface area (Å²) >= 11 is 0. The molecule has 0 bridgehead atoms. The summed E-state index contributed by atoms with van der Waals surface area (Å²) in [7, 11) is 1.66. The lowest BCUT2D eigenvalue weighted by Gasteiger charge is -2.30. The largest absolute Gasteiger partial charge is 0.359 e. The van der Waals surface area contributed by atoms with Crippen molar-refractivity contribution in [3.8, 4) is 0 Å². The first-order valence-corrected chi connectivity index (χ1v) is 8.34. The van der Waals surface area contributed by atoms with E-state index in [1.807, 2.05) is 13.8 Å². The van der Waals surface area contributed by atoms with Gasteiger partial charge in [0.05, 0.1) is 0 Å². The molecule has 1 aliphatic carbocycles. The van der Waals surface area contributed by atoms with Gasteiger partial charge in [-0.15, -0.1) is 0 Å². The molecule has 1 saturated carbocycles. The molecule has 1 aliphatic rings. The maximum atomic E-state index is 12.2. The van der Waals surface area contributed by atoms with Gasteiger partial charge in [-0.3, -0.25) is 9.59 Å². The van der Waals surface area contributed by atoms with Crippen LogP contribution < -0.4 is 10.6 Å². The molecule has 0 aromatic carbocycles. The van der Waals surface area contributed by atoms with Gasteiger partial charge in [0, 0.05) is 25.4 Å². The zero-order valence-corrected chi connectivity index (χ0v) is 14.1. The Morgan fingerprint density at radius 2 is 1.76 bits per heavy atom. The second kappa shape index (κ2) is 8.40. The summed E-state index contributed by atoms with van der Waals surface area (Å²) in [4.78, 5) is 23.6. The summed E-state index contributed by atoms with van der Waals surface area (Å²) in [5.41, 5.74) is -0.251. The van der Waals surface area contributed by atoms with E-state index < -0.39 is 0 Å². The van der Waals surface area contributed by atoms with Crippen molar-refractivity contribution in [2.75, 3.05) is 7.05 Å². The average molecular weight is 296 g/mol. The molecule has 0 aromatic rings. The van der Waals surface area contributed by atoms with Gasteiger partial charge in [-0.1, -0.05) is 26.2 Å². The second-order valence-electron chi connectivity index (χ2n) is 7.33. The molecule has 122 valence electrons. The van der Waals surface area contributed by atoms with E-state index in [9.17, 15) is 9.59 Å². The molecule has 4 heteroatoms. The smallest absolute Gasteiger partial charge is 0.220 e. The first-order valence-electron chi connectivity index (χ1n) is 8.34. The van der Waals surface area contributed by atoms with Crippen LogP contribution in [0.1, 0.15) is 72.1 Å². The first kappa shape index (κ1) is 18.0. The van der Waals surface area contributed by atoms with Gasteiger partial charge >= 0.3 is 0 Å². The molecule has 0 spiro atoms. The van der Waals surface area contributed by atoms with Crippen LogP contribution in [0.4, 0.5) is 0 Å². The van der Waals surface area contributed by atoms with Crippen molar-refractivity contribution in [2.24, 2.45) is 11.8 Å². The van der Waals surface area contributed by atoms with E-state index in [4.69, 9.17) is 0 Å². The fourth-order valence-corrected chi connectivity index (χ4v) is 3.49. The minimum atomic E-state index is -0.251. The quantitative estimate of drug-likeness (QED) is 0.758. The Labute approximate surface area is 129 Å². The number of hydrogen-bond donors (Lipinski definition) is 2. The molecular weight excluding hydrogens is 264 g/mol. The van der Waals surface area contributed by atoms with Crippen LogP contribution in [0.15, 0.2) is 0 Å². The molecule has 2 amide bonds. The molecule has 1 rings (SSSR count). The molecule has 21 heavy (non-hydrogen) atoms. The minimum absolute atomic E-state index is 0.0619. The zero-order chi connectivity index (χ0) is 15.9. The van der Waals surface area contributed by atoms with Crippen LogP contribution in [-0.4, -0.2) is 24.4 Å². The van der Waals surface area contributed by atoms with E-state index in [0.717, 1.165) is 6.42 Å². The van der Waals surface area contributed by atoms with Crippen molar-refractivity contribution < 1.29 is 9.59 Å². The van der Waals surface area contributed by atoms with E-state index in [2.05, 4.69) is 17.6 Å². The number of hydrogen-bond acceptors (Lipinski definition) is 2. The number of rotatable bonds is 7. The van der Waals surface area contributed by atoms with Gasteiger partial charge in [-0.05, 0) is 44.9 Å². The van der Waals surface area contributed by atoms with E-state index in [-0.39, 0.29) is 23.3 Å². The number of carbonyl (C=O) groups excluding carboxylic acids is 2. The fraction of sp³-hybridized carbons (Fsp3) is 0.882. The molecule has 2 N–H and O–H groups in total. The van der Waals surface area contributed by atoms with Gasteiger partial charge < -0.3 is 10.6 Å². The summed E-state index contributed by atoms with van der Waals surface area (Å²) in [6.45, 7) is 6.16. The molecular formula is C17H32N2O2. The highest BCUT2D eigenvalue weighted by Gasteiger charge is 2.25. The number of amides is 2. The summed E-state index contributed by atoms with van der Waals surface area (Å²) in [6.07, 6.45) is 8.24. The predicted octanol–water partition coefficient (Wildman–Crippen LogP) is 3.01. The lowest BCUT2D eigenvalue weighted by atomic mass is 9.85. The van der Waals surface area contributed by atoms with E-state index in [1.54, 1.807) is 7.05 Å². The molecule has 0 aromatic heterocycles. The maximum Gasteiger partial charge on any atom is 0.220 e. The Morgan fingerprint density at radius 3 is 2.33 bits per heavy atom. The third-order valence-corrected chi connectivity index (χ3v) is 4.35. The van der Waals surface area contributed by atoms with Crippen LogP contribution >= 0.6 is 0 Å². The summed E-state index contributed by atoms with van der Waals surface area (Å²) in [5, 5.41) is 5.81. The topological polar surface area (TPSA) is 58.2 Å². The lowest BCUT2D eigenvalue weighted by Crippen LogP contribution is -2.45. The molecule has 0 radical (unpaired) electrons. The summed E-state index contributed by atoms with van der Waals surface area (Å²) in [5.74, 6) is 1.05. The number of carbonyl (C=O) groups is 2. The third-order valence-electron chi connectivity index (χ3n) is 4.35. The van der Waals surface area contributed by atoms with E-state index in [0.29, 0.717) is 18.8 Å². The Hall–Kier alpha value is -1.06. The van der Waals surface area contributed by atoms with Gasteiger partial charge in [-0.25, -0.2) is 0 Å². The standard InChI is InChI=1S/C17H32N2O2/c1-13(10-15(20)18-4)12-17(2,3)19-16(21)11-14-8-6-5-7-9-14/h13-14H,5-12H2,1-4H3,(H,18,20)(H,19,21). The zero-order valence-electron chi connectivity index (χ0n) is 14.1.